The van der Waals surface area contributed by atoms with Gasteiger partial charge in [0.05, 0.1) is 12.7 Å². The van der Waals surface area contributed by atoms with E-state index in [2.05, 4.69) is 0 Å². The van der Waals surface area contributed by atoms with Crippen molar-refractivity contribution in [2.75, 3.05) is 6.61 Å². The lowest BCUT2D eigenvalue weighted by Gasteiger charge is -2.21. The summed E-state index contributed by atoms with van der Waals surface area (Å²) in [6.07, 6.45) is -10.5. The van der Waals surface area contributed by atoms with Gasteiger partial charge in [0, 0.05) is 0 Å². The van der Waals surface area contributed by atoms with Gasteiger partial charge in [-0.3, -0.25) is 0 Å². The Morgan fingerprint density at radius 2 is 1.14 bits per heavy atom. The van der Waals surface area contributed by atoms with Crippen LogP contribution in [0.2, 0.25) is 0 Å². The molecule has 10 nitrogen and oxygen atoms in total. The topological polar surface area (TPSA) is 196 Å². The van der Waals surface area contributed by atoms with Crippen LogP contribution >= 0.6 is 0 Å². The SMILES string of the molecule is CC(O)C(O)C(O)C(O)C=O.O=CC(O)C(O)C(O)CO. The first-order chi connectivity index (χ1) is 9.63. The van der Waals surface area contributed by atoms with Gasteiger partial charge in [-0.05, 0) is 6.92 Å². The van der Waals surface area contributed by atoms with Gasteiger partial charge < -0.3 is 50.4 Å². The molecule has 0 bridgehead atoms. The summed E-state index contributed by atoms with van der Waals surface area (Å²) in [7, 11) is 0. The molecule has 0 aromatic carbocycles. The number of hydrogen-bond donors (Lipinski definition) is 8. The molecule has 0 aliphatic heterocycles. The largest absolute Gasteiger partial charge is 0.394 e. The smallest absolute Gasteiger partial charge is 0.151 e. The molecule has 0 spiro atoms. The van der Waals surface area contributed by atoms with E-state index in [0.717, 1.165) is 0 Å². The Labute approximate surface area is 120 Å². The Hall–Kier alpha value is -0.980. The van der Waals surface area contributed by atoms with E-state index in [4.69, 9.17) is 40.9 Å². The molecule has 0 aromatic rings. The molecule has 0 aliphatic carbocycles. The van der Waals surface area contributed by atoms with Crippen LogP contribution in [-0.2, 0) is 9.59 Å². The third kappa shape index (κ3) is 8.80. The lowest BCUT2D eigenvalue weighted by molar-refractivity contribution is -0.132. The highest BCUT2D eigenvalue weighted by Crippen LogP contribution is 2.02. The molecule has 0 amide bonds. The van der Waals surface area contributed by atoms with Crippen LogP contribution in [-0.4, -0.2) is 103 Å². The molecule has 0 aromatic heterocycles. The van der Waals surface area contributed by atoms with Crippen molar-refractivity contribution in [3.8, 4) is 0 Å². The van der Waals surface area contributed by atoms with Crippen molar-refractivity contribution in [2.24, 2.45) is 0 Å². The van der Waals surface area contributed by atoms with Crippen LogP contribution in [0.5, 0.6) is 0 Å². The van der Waals surface area contributed by atoms with Crippen molar-refractivity contribution in [2.45, 2.75) is 49.7 Å². The Kier molecular flexibility index (Phi) is 12.4. The van der Waals surface area contributed by atoms with Crippen LogP contribution in [0.1, 0.15) is 6.92 Å². The second-order valence-corrected chi connectivity index (χ2v) is 4.22. The van der Waals surface area contributed by atoms with Gasteiger partial charge >= 0.3 is 0 Å². The average molecular weight is 314 g/mol. The first-order valence-corrected chi connectivity index (χ1v) is 5.91. The van der Waals surface area contributed by atoms with E-state index in [-0.39, 0.29) is 12.6 Å². The molecule has 10 heteroatoms. The number of hydrogen-bond acceptors (Lipinski definition) is 10. The van der Waals surface area contributed by atoms with Crippen molar-refractivity contribution < 1.29 is 50.4 Å². The zero-order valence-electron chi connectivity index (χ0n) is 11.3. The lowest BCUT2D eigenvalue weighted by Crippen LogP contribution is -2.43. The zero-order chi connectivity index (χ0) is 17.2. The summed E-state index contributed by atoms with van der Waals surface area (Å²) in [5.41, 5.74) is 0. The maximum absolute atomic E-state index is 9.87. The summed E-state index contributed by atoms with van der Waals surface area (Å²) >= 11 is 0. The van der Waals surface area contributed by atoms with Gasteiger partial charge in [-0.25, -0.2) is 0 Å². The zero-order valence-corrected chi connectivity index (χ0v) is 11.3. The van der Waals surface area contributed by atoms with Gasteiger partial charge in [0.2, 0.25) is 0 Å². The van der Waals surface area contributed by atoms with Crippen molar-refractivity contribution >= 4 is 12.6 Å². The molecule has 126 valence electrons. The third-order valence-corrected chi connectivity index (χ3v) is 2.40. The van der Waals surface area contributed by atoms with Crippen LogP contribution in [0.15, 0.2) is 0 Å². The predicted molar refractivity (Wildman–Crippen MR) is 66.9 cm³/mol. The fraction of sp³-hybridized carbons (Fsp3) is 0.818. The molecule has 7 atom stereocenters. The molecule has 0 heterocycles. The number of carbonyl (C=O) groups excluding carboxylic acids is 2. The molecule has 0 fully saturated rings. The maximum Gasteiger partial charge on any atom is 0.151 e. The highest BCUT2D eigenvalue weighted by atomic mass is 16.4. The predicted octanol–water partition coefficient (Wildman–Crippen LogP) is -5.09. The number of carbonyl (C=O) groups is 2. The molecular formula is C11H22O10. The van der Waals surface area contributed by atoms with Gasteiger partial charge in [-0.2, -0.15) is 0 Å². The Morgan fingerprint density at radius 1 is 0.762 bits per heavy atom. The van der Waals surface area contributed by atoms with Crippen molar-refractivity contribution in [1.82, 2.24) is 0 Å². The fourth-order valence-corrected chi connectivity index (χ4v) is 0.984. The normalized spacial score (nSPS) is 20.8. The first kappa shape index (κ1) is 22.3. The minimum absolute atomic E-state index is 0.0869. The highest BCUT2D eigenvalue weighted by molar-refractivity contribution is 5.57. The summed E-state index contributed by atoms with van der Waals surface area (Å²) in [5.74, 6) is 0. The number of aliphatic hydroxyl groups excluding tert-OH is 8. The standard InChI is InChI=1S/C6H12O5.C5H10O5/c1-3(8)5(10)6(11)4(9)2-7;6-1-3(8)5(10)4(9)2-7/h2-6,8-11H,1H3;1,3-5,7-10H,2H2. The molecule has 0 aliphatic rings. The quantitative estimate of drug-likeness (QED) is 0.201. The highest BCUT2D eigenvalue weighted by Gasteiger charge is 2.27. The Balaban J connectivity index is 0. The van der Waals surface area contributed by atoms with Crippen LogP contribution in [0, 0.1) is 0 Å². The summed E-state index contributed by atoms with van der Waals surface area (Å²) in [6.45, 7) is 0.553. The second-order valence-electron chi connectivity index (χ2n) is 4.22. The van der Waals surface area contributed by atoms with Gasteiger partial charge in [0.15, 0.2) is 12.6 Å². The molecule has 0 saturated carbocycles. The summed E-state index contributed by atoms with van der Waals surface area (Å²) in [5, 5.41) is 69.2. The number of rotatable bonds is 8. The van der Waals surface area contributed by atoms with Crippen LogP contribution in [0.3, 0.4) is 0 Å². The van der Waals surface area contributed by atoms with Gasteiger partial charge in [0.1, 0.15) is 36.6 Å². The summed E-state index contributed by atoms with van der Waals surface area (Å²) < 4.78 is 0. The monoisotopic (exact) mass is 314 g/mol. The molecular weight excluding hydrogens is 292 g/mol. The van der Waals surface area contributed by atoms with Crippen molar-refractivity contribution in [3.63, 3.8) is 0 Å². The average Bonchev–Trinajstić information content (AvgIpc) is 2.50. The Bertz CT molecular complexity index is 284. The molecule has 0 rings (SSSR count). The van der Waals surface area contributed by atoms with Crippen molar-refractivity contribution in [1.29, 1.82) is 0 Å². The Morgan fingerprint density at radius 3 is 1.43 bits per heavy atom. The molecule has 21 heavy (non-hydrogen) atoms. The summed E-state index contributed by atoms with van der Waals surface area (Å²) in [6, 6.07) is 0. The van der Waals surface area contributed by atoms with Gasteiger partial charge in [-0.1, -0.05) is 0 Å². The van der Waals surface area contributed by atoms with Gasteiger partial charge in [0.25, 0.3) is 0 Å². The van der Waals surface area contributed by atoms with E-state index in [1.54, 1.807) is 0 Å². The van der Waals surface area contributed by atoms with E-state index < -0.39 is 49.3 Å². The number of aldehydes is 2. The van der Waals surface area contributed by atoms with E-state index in [1.807, 2.05) is 0 Å². The third-order valence-electron chi connectivity index (χ3n) is 2.40. The number of aliphatic hydroxyl groups is 8. The van der Waals surface area contributed by atoms with Crippen LogP contribution in [0.25, 0.3) is 0 Å². The molecule has 8 N–H and O–H groups in total. The summed E-state index contributed by atoms with van der Waals surface area (Å²) in [4.78, 5) is 19.6. The molecule has 0 radical (unpaired) electrons. The fourth-order valence-electron chi connectivity index (χ4n) is 0.984. The minimum Gasteiger partial charge on any atom is -0.394 e. The minimum atomic E-state index is -1.65. The van der Waals surface area contributed by atoms with Gasteiger partial charge in [-0.15, -0.1) is 0 Å². The first-order valence-electron chi connectivity index (χ1n) is 5.91. The lowest BCUT2D eigenvalue weighted by atomic mass is 10.1. The maximum atomic E-state index is 9.87. The second kappa shape index (κ2) is 11.7. The van der Waals surface area contributed by atoms with Crippen LogP contribution in [0.4, 0.5) is 0 Å². The van der Waals surface area contributed by atoms with E-state index in [0.29, 0.717) is 0 Å². The van der Waals surface area contributed by atoms with E-state index in [1.165, 1.54) is 6.92 Å². The van der Waals surface area contributed by atoms with Crippen molar-refractivity contribution in [3.05, 3.63) is 0 Å². The molecule has 7 unspecified atom stereocenters. The van der Waals surface area contributed by atoms with E-state index >= 15 is 0 Å². The molecule has 0 saturated heterocycles. The van der Waals surface area contributed by atoms with E-state index in [9.17, 15) is 9.59 Å². The van der Waals surface area contributed by atoms with Crippen LogP contribution < -0.4 is 0 Å².